The molecule has 2 N–H and O–H groups in total. The first kappa shape index (κ1) is 12.4. The molecule has 0 saturated heterocycles. The van der Waals surface area contributed by atoms with Crippen LogP contribution in [0.5, 0.6) is 0 Å². The van der Waals surface area contributed by atoms with Gasteiger partial charge in [-0.05, 0) is 43.4 Å². The van der Waals surface area contributed by atoms with Crippen LogP contribution in [0.15, 0.2) is 30.3 Å². The molecule has 3 heteroatoms. The average molecular weight is 255 g/mol. The number of nitrogens with zero attached hydrogens (tertiary/aromatic N) is 2. The monoisotopic (exact) mass is 255 g/mol. The van der Waals surface area contributed by atoms with Crippen molar-refractivity contribution in [1.82, 2.24) is 9.78 Å². The maximum absolute atomic E-state index is 6.74. The first-order valence-electron chi connectivity index (χ1n) is 6.95. The summed E-state index contributed by atoms with van der Waals surface area (Å²) in [6.45, 7) is 2.03. The van der Waals surface area contributed by atoms with Gasteiger partial charge in [0.05, 0.1) is 5.69 Å². The summed E-state index contributed by atoms with van der Waals surface area (Å²) in [5, 5.41) is 4.42. The fourth-order valence-corrected chi connectivity index (χ4v) is 3.29. The summed E-state index contributed by atoms with van der Waals surface area (Å²) in [6.07, 6.45) is 4.24. The highest BCUT2D eigenvalue weighted by Crippen LogP contribution is 2.35. The fourth-order valence-electron chi connectivity index (χ4n) is 3.29. The van der Waals surface area contributed by atoms with Crippen LogP contribution in [0, 0.1) is 6.92 Å². The van der Waals surface area contributed by atoms with Gasteiger partial charge in [0.25, 0.3) is 0 Å². The molecule has 1 aromatic carbocycles. The number of nitrogens with two attached hydrogens (primary N) is 1. The van der Waals surface area contributed by atoms with E-state index in [1.165, 1.54) is 23.2 Å². The molecule has 3 nitrogen and oxygen atoms in total. The lowest BCUT2D eigenvalue weighted by atomic mass is 9.74. The van der Waals surface area contributed by atoms with Crippen molar-refractivity contribution in [3.05, 3.63) is 52.8 Å². The first-order valence-corrected chi connectivity index (χ1v) is 6.95. The zero-order chi connectivity index (χ0) is 13.5. The lowest BCUT2D eigenvalue weighted by Gasteiger charge is -2.36. The van der Waals surface area contributed by atoms with E-state index in [4.69, 9.17) is 5.73 Å². The van der Waals surface area contributed by atoms with E-state index >= 15 is 0 Å². The minimum Gasteiger partial charge on any atom is -0.321 e. The van der Waals surface area contributed by atoms with Gasteiger partial charge < -0.3 is 5.73 Å². The Morgan fingerprint density at radius 1 is 1.37 bits per heavy atom. The summed E-state index contributed by atoms with van der Waals surface area (Å²) in [5.41, 5.74) is 11.5. The summed E-state index contributed by atoms with van der Waals surface area (Å²) in [5.74, 6) is 0. The number of aromatic nitrogens is 2. The minimum atomic E-state index is -0.241. The molecule has 1 unspecified atom stereocenters. The normalized spacial score (nSPS) is 22.3. The van der Waals surface area contributed by atoms with Crippen molar-refractivity contribution in [2.24, 2.45) is 12.8 Å². The Kier molecular flexibility index (Phi) is 2.94. The Hall–Kier alpha value is -1.61. The quantitative estimate of drug-likeness (QED) is 0.896. The highest BCUT2D eigenvalue weighted by atomic mass is 15.3. The molecule has 1 atom stereocenters. The van der Waals surface area contributed by atoms with Crippen molar-refractivity contribution < 1.29 is 0 Å². The van der Waals surface area contributed by atoms with Crippen molar-refractivity contribution in [2.75, 3.05) is 0 Å². The van der Waals surface area contributed by atoms with E-state index < -0.39 is 0 Å². The van der Waals surface area contributed by atoms with Crippen LogP contribution in [0.1, 0.15) is 35.4 Å². The van der Waals surface area contributed by atoms with E-state index in [0.717, 1.165) is 25.0 Å². The van der Waals surface area contributed by atoms with Gasteiger partial charge in [0.15, 0.2) is 0 Å². The van der Waals surface area contributed by atoms with Gasteiger partial charge in [0, 0.05) is 24.7 Å². The Balaban J connectivity index is 1.98. The second kappa shape index (κ2) is 4.49. The molecule has 2 aromatic rings. The Morgan fingerprint density at radius 3 is 2.89 bits per heavy atom. The minimum absolute atomic E-state index is 0.241. The zero-order valence-electron chi connectivity index (χ0n) is 11.7. The molecule has 0 fully saturated rings. The second-order valence-corrected chi connectivity index (χ2v) is 5.74. The maximum Gasteiger partial charge on any atom is 0.0596 e. The molecule has 19 heavy (non-hydrogen) atoms. The van der Waals surface area contributed by atoms with Gasteiger partial charge in [-0.15, -0.1) is 0 Å². The lowest BCUT2D eigenvalue weighted by Crippen LogP contribution is -2.42. The summed E-state index contributed by atoms with van der Waals surface area (Å²) < 4.78 is 1.96. The van der Waals surface area contributed by atoms with Crippen LogP contribution >= 0.6 is 0 Å². The Bertz CT molecular complexity index is 600. The van der Waals surface area contributed by atoms with Gasteiger partial charge in [0.2, 0.25) is 0 Å². The van der Waals surface area contributed by atoms with Gasteiger partial charge in [-0.3, -0.25) is 4.68 Å². The molecule has 1 aromatic heterocycles. The molecular formula is C16H21N3. The van der Waals surface area contributed by atoms with E-state index in [1.807, 2.05) is 18.7 Å². The number of aryl methyl sites for hydroxylation is 3. The molecule has 0 amide bonds. The number of hydrogen-bond acceptors (Lipinski definition) is 2. The van der Waals surface area contributed by atoms with E-state index in [1.54, 1.807) is 0 Å². The molecule has 0 aliphatic heterocycles. The van der Waals surface area contributed by atoms with Gasteiger partial charge >= 0.3 is 0 Å². The summed E-state index contributed by atoms with van der Waals surface area (Å²) in [6, 6.07) is 10.8. The molecule has 1 heterocycles. The predicted octanol–water partition coefficient (Wildman–Crippen LogP) is 2.46. The molecule has 1 aliphatic rings. The molecule has 0 radical (unpaired) electrons. The van der Waals surface area contributed by atoms with Crippen molar-refractivity contribution >= 4 is 0 Å². The number of rotatable bonds is 2. The van der Waals surface area contributed by atoms with Crippen LogP contribution in [0.3, 0.4) is 0 Å². The van der Waals surface area contributed by atoms with Crippen molar-refractivity contribution in [1.29, 1.82) is 0 Å². The third-order valence-electron chi connectivity index (χ3n) is 4.22. The lowest BCUT2D eigenvalue weighted by molar-refractivity contribution is 0.361. The highest BCUT2D eigenvalue weighted by Gasteiger charge is 2.33. The molecule has 3 rings (SSSR count). The smallest absolute Gasteiger partial charge is 0.0596 e. The van der Waals surface area contributed by atoms with Gasteiger partial charge in [-0.1, -0.05) is 24.3 Å². The fraction of sp³-hybridized carbons (Fsp3) is 0.438. The topological polar surface area (TPSA) is 43.8 Å². The van der Waals surface area contributed by atoms with Gasteiger partial charge in [-0.25, -0.2) is 0 Å². The standard InChI is InChI=1S/C16H21N3/c1-12-10-14(19(2)18-12)11-16(17)9-5-7-13-6-3-4-8-15(13)16/h3-4,6,8,10H,5,7,9,11,17H2,1-2H3. The third-order valence-corrected chi connectivity index (χ3v) is 4.22. The number of fused-ring (bicyclic) bond motifs is 1. The molecule has 0 spiro atoms. The molecular weight excluding hydrogens is 234 g/mol. The first-order chi connectivity index (χ1) is 9.08. The van der Waals surface area contributed by atoms with Crippen LogP contribution in [-0.4, -0.2) is 9.78 Å². The van der Waals surface area contributed by atoms with Crippen LogP contribution in [0.4, 0.5) is 0 Å². The van der Waals surface area contributed by atoms with Crippen molar-refractivity contribution in [3.8, 4) is 0 Å². The second-order valence-electron chi connectivity index (χ2n) is 5.74. The van der Waals surface area contributed by atoms with Crippen LogP contribution in [0.2, 0.25) is 0 Å². The van der Waals surface area contributed by atoms with Crippen molar-refractivity contribution in [2.45, 2.75) is 38.1 Å². The van der Waals surface area contributed by atoms with E-state index in [0.29, 0.717) is 0 Å². The van der Waals surface area contributed by atoms with Crippen LogP contribution in [-0.2, 0) is 25.4 Å². The summed E-state index contributed by atoms with van der Waals surface area (Å²) >= 11 is 0. The third kappa shape index (κ3) is 2.19. The maximum atomic E-state index is 6.74. The predicted molar refractivity (Wildman–Crippen MR) is 76.9 cm³/mol. The average Bonchev–Trinajstić information content (AvgIpc) is 2.68. The Morgan fingerprint density at radius 2 is 2.16 bits per heavy atom. The summed E-state index contributed by atoms with van der Waals surface area (Å²) in [7, 11) is 2.00. The zero-order valence-corrected chi connectivity index (χ0v) is 11.7. The van der Waals surface area contributed by atoms with Crippen LogP contribution in [0.25, 0.3) is 0 Å². The SMILES string of the molecule is Cc1cc(CC2(N)CCCc3ccccc32)n(C)n1. The van der Waals surface area contributed by atoms with E-state index in [2.05, 4.69) is 35.4 Å². The van der Waals surface area contributed by atoms with E-state index in [9.17, 15) is 0 Å². The number of benzene rings is 1. The molecule has 0 bridgehead atoms. The summed E-state index contributed by atoms with van der Waals surface area (Å²) in [4.78, 5) is 0. The highest BCUT2D eigenvalue weighted by molar-refractivity contribution is 5.37. The largest absolute Gasteiger partial charge is 0.321 e. The van der Waals surface area contributed by atoms with E-state index in [-0.39, 0.29) is 5.54 Å². The number of hydrogen-bond donors (Lipinski definition) is 1. The molecule has 1 aliphatic carbocycles. The van der Waals surface area contributed by atoms with Gasteiger partial charge in [0.1, 0.15) is 0 Å². The van der Waals surface area contributed by atoms with Crippen molar-refractivity contribution in [3.63, 3.8) is 0 Å². The Labute approximate surface area is 114 Å². The molecule has 100 valence electrons. The van der Waals surface area contributed by atoms with Gasteiger partial charge in [-0.2, -0.15) is 5.10 Å². The molecule has 0 saturated carbocycles. The van der Waals surface area contributed by atoms with Crippen LogP contribution < -0.4 is 5.73 Å².